The third-order valence-electron chi connectivity index (χ3n) is 4.60. The molecule has 0 amide bonds. The fourth-order valence-electron chi connectivity index (χ4n) is 3.35. The SMILES string of the molecule is CNCC1CCN(Cc2c(O)ccc3ccccc23)CC1. The van der Waals surface area contributed by atoms with E-state index in [1.165, 1.54) is 23.6 Å². The van der Waals surface area contributed by atoms with Crippen LogP contribution in [0.3, 0.4) is 0 Å². The molecular formula is C18H24N2O. The number of fused-ring (bicyclic) bond motifs is 1. The molecule has 2 aromatic carbocycles. The zero-order valence-corrected chi connectivity index (χ0v) is 12.7. The molecule has 1 saturated heterocycles. The van der Waals surface area contributed by atoms with Crippen LogP contribution in [0, 0.1) is 5.92 Å². The summed E-state index contributed by atoms with van der Waals surface area (Å²) in [5.74, 6) is 1.22. The molecule has 3 nitrogen and oxygen atoms in total. The third kappa shape index (κ3) is 3.20. The number of likely N-dealkylation sites (tertiary alicyclic amines) is 1. The van der Waals surface area contributed by atoms with Gasteiger partial charge in [0, 0.05) is 12.1 Å². The van der Waals surface area contributed by atoms with E-state index < -0.39 is 0 Å². The molecule has 0 radical (unpaired) electrons. The van der Waals surface area contributed by atoms with Crippen LogP contribution in [0.1, 0.15) is 18.4 Å². The van der Waals surface area contributed by atoms with Crippen molar-refractivity contribution in [2.75, 3.05) is 26.7 Å². The highest BCUT2D eigenvalue weighted by Crippen LogP contribution is 2.29. The molecule has 2 N–H and O–H groups in total. The van der Waals surface area contributed by atoms with Crippen LogP contribution in [0.4, 0.5) is 0 Å². The number of phenolic OH excluding ortho intramolecular Hbond substituents is 1. The molecule has 21 heavy (non-hydrogen) atoms. The van der Waals surface area contributed by atoms with E-state index in [1.54, 1.807) is 0 Å². The molecule has 0 spiro atoms. The first-order chi connectivity index (χ1) is 10.3. The molecule has 112 valence electrons. The van der Waals surface area contributed by atoms with E-state index in [1.807, 2.05) is 31.3 Å². The molecular weight excluding hydrogens is 260 g/mol. The molecule has 0 aromatic heterocycles. The number of benzene rings is 2. The molecule has 0 unspecified atom stereocenters. The predicted molar refractivity (Wildman–Crippen MR) is 87.5 cm³/mol. The maximum Gasteiger partial charge on any atom is 0.120 e. The Labute approximate surface area is 126 Å². The first kappa shape index (κ1) is 14.4. The van der Waals surface area contributed by atoms with Gasteiger partial charge in [-0.25, -0.2) is 0 Å². The van der Waals surface area contributed by atoms with E-state index in [4.69, 9.17) is 0 Å². The minimum absolute atomic E-state index is 0.422. The highest BCUT2D eigenvalue weighted by Gasteiger charge is 2.20. The standard InChI is InChI=1S/C18H24N2O/c1-19-12-14-8-10-20(11-9-14)13-17-16-5-3-2-4-15(16)6-7-18(17)21/h2-7,14,19,21H,8-13H2,1H3. The van der Waals surface area contributed by atoms with E-state index >= 15 is 0 Å². The van der Waals surface area contributed by atoms with Crippen molar-refractivity contribution in [2.24, 2.45) is 5.92 Å². The highest BCUT2D eigenvalue weighted by atomic mass is 16.3. The largest absolute Gasteiger partial charge is 0.508 e. The smallest absolute Gasteiger partial charge is 0.120 e. The summed E-state index contributed by atoms with van der Waals surface area (Å²) in [6.07, 6.45) is 2.48. The van der Waals surface area contributed by atoms with Gasteiger partial charge in [0.2, 0.25) is 0 Å². The molecule has 3 rings (SSSR count). The number of nitrogens with one attached hydrogen (secondary N) is 1. The zero-order chi connectivity index (χ0) is 14.7. The van der Waals surface area contributed by atoms with E-state index in [2.05, 4.69) is 22.3 Å². The van der Waals surface area contributed by atoms with Gasteiger partial charge in [0.25, 0.3) is 0 Å². The first-order valence-corrected chi connectivity index (χ1v) is 7.84. The van der Waals surface area contributed by atoms with E-state index in [-0.39, 0.29) is 0 Å². The molecule has 1 heterocycles. The summed E-state index contributed by atoms with van der Waals surface area (Å²) in [6, 6.07) is 12.1. The average molecular weight is 284 g/mol. The minimum atomic E-state index is 0.422. The van der Waals surface area contributed by atoms with Crippen LogP contribution >= 0.6 is 0 Å². The summed E-state index contributed by atoms with van der Waals surface area (Å²) in [5, 5.41) is 15.9. The number of hydrogen-bond acceptors (Lipinski definition) is 3. The Hall–Kier alpha value is -1.58. The van der Waals surface area contributed by atoms with Crippen molar-refractivity contribution in [1.82, 2.24) is 10.2 Å². The number of phenols is 1. The summed E-state index contributed by atoms with van der Waals surface area (Å²) in [4.78, 5) is 2.47. The van der Waals surface area contributed by atoms with Gasteiger partial charge >= 0.3 is 0 Å². The van der Waals surface area contributed by atoms with Crippen molar-refractivity contribution in [3.63, 3.8) is 0 Å². The van der Waals surface area contributed by atoms with Crippen LogP contribution < -0.4 is 5.32 Å². The van der Waals surface area contributed by atoms with Gasteiger partial charge in [-0.3, -0.25) is 4.90 Å². The van der Waals surface area contributed by atoms with Crippen molar-refractivity contribution >= 4 is 10.8 Å². The second-order valence-corrected chi connectivity index (χ2v) is 6.06. The normalized spacial score (nSPS) is 17.4. The fourth-order valence-corrected chi connectivity index (χ4v) is 3.35. The van der Waals surface area contributed by atoms with E-state index in [0.717, 1.165) is 37.7 Å². The van der Waals surface area contributed by atoms with Crippen molar-refractivity contribution in [3.8, 4) is 5.75 Å². The summed E-state index contributed by atoms with van der Waals surface area (Å²) in [7, 11) is 2.03. The second-order valence-electron chi connectivity index (χ2n) is 6.06. The van der Waals surface area contributed by atoms with Crippen LogP contribution in [0.15, 0.2) is 36.4 Å². The Morgan fingerprint density at radius 1 is 1.14 bits per heavy atom. The maximum absolute atomic E-state index is 10.2. The van der Waals surface area contributed by atoms with Gasteiger partial charge < -0.3 is 10.4 Å². The average Bonchev–Trinajstić information content (AvgIpc) is 2.52. The summed E-state index contributed by atoms with van der Waals surface area (Å²) >= 11 is 0. The van der Waals surface area contributed by atoms with E-state index in [0.29, 0.717) is 5.75 Å². The van der Waals surface area contributed by atoms with Crippen LogP contribution in [0.2, 0.25) is 0 Å². The number of hydrogen-bond donors (Lipinski definition) is 2. The second kappa shape index (κ2) is 6.46. The van der Waals surface area contributed by atoms with Gasteiger partial charge in [0.05, 0.1) is 0 Å². The van der Waals surface area contributed by atoms with E-state index in [9.17, 15) is 5.11 Å². The van der Waals surface area contributed by atoms with Crippen LogP contribution in [-0.2, 0) is 6.54 Å². The Bertz CT molecular complexity index is 603. The minimum Gasteiger partial charge on any atom is -0.508 e. The molecule has 0 saturated carbocycles. The maximum atomic E-state index is 10.2. The number of rotatable bonds is 4. The van der Waals surface area contributed by atoms with Crippen molar-refractivity contribution in [3.05, 3.63) is 42.0 Å². The van der Waals surface area contributed by atoms with Crippen molar-refractivity contribution in [1.29, 1.82) is 0 Å². The van der Waals surface area contributed by atoms with Gasteiger partial charge in [0.1, 0.15) is 5.75 Å². The van der Waals surface area contributed by atoms with Crippen LogP contribution in [0.25, 0.3) is 10.8 Å². The number of nitrogens with zero attached hydrogens (tertiary/aromatic N) is 1. The number of aromatic hydroxyl groups is 1. The Morgan fingerprint density at radius 3 is 2.67 bits per heavy atom. The predicted octanol–water partition coefficient (Wildman–Crippen LogP) is 2.98. The highest BCUT2D eigenvalue weighted by molar-refractivity contribution is 5.87. The lowest BCUT2D eigenvalue weighted by molar-refractivity contribution is 0.176. The molecule has 1 aliphatic heterocycles. The summed E-state index contributed by atoms with van der Waals surface area (Å²) < 4.78 is 0. The molecule has 1 aliphatic rings. The summed E-state index contributed by atoms with van der Waals surface area (Å²) in [6.45, 7) is 4.21. The molecule has 1 fully saturated rings. The topological polar surface area (TPSA) is 35.5 Å². The van der Waals surface area contributed by atoms with Crippen molar-refractivity contribution < 1.29 is 5.11 Å². The van der Waals surface area contributed by atoms with Crippen LogP contribution in [0.5, 0.6) is 5.75 Å². The monoisotopic (exact) mass is 284 g/mol. The van der Waals surface area contributed by atoms with Gasteiger partial charge in [-0.15, -0.1) is 0 Å². The number of piperidine rings is 1. The van der Waals surface area contributed by atoms with Gasteiger partial charge in [-0.2, -0.15) is 0 Å². The quantitative estimate of drug-likeness (QED) is 0.906. The molecule has 0 atom stereocenters. The van der Waals surface area contributed by atoms with Crippen LogP contribution in [-0.4, -0.2) is 36.7 Å². The summed E-state index contributed by atoms with van der Waals surface area (Å²) in [5.41, 5.74) is 1.07. The zero-order valence-electron chi connectivity index (χ0n) is 12.7. The van der Waals surface area contributed by atoms with Crippen molar-refractivity contribution in [2.45, 2.75) is 19.4 Å². The fraction of sp³-hybridized carbons (Fsp3) is 0.444. The molecule has 2 aromatic rings. The molecule has 0 aliphatic carbocycles. The lowest BCUT2D eigenvalue weighted by Crippen LogP contribution is -2.36. The molecule has 0 bridgehead atoms. The Balaban J connectivity index is 1.75. The Morgan fingerprint density at radius 2 is 1.90 bits per heavy atom. The lowest BCUT2D eigenvalue weighted by atomic mass is 9.95. The van der Waals surface area contributed by atoms with Gasteiger partial charge in [-0.05, 0) is 62.3 Å². The van der Waals surface area contributed by atoms with Gasteiger partial charge in [0.15, 0.2) is 0 Å². The van der Waals surface area contributed by atoms with Gasteiger partial charge in [-0.1, -0.05) is 30.3 Å². The Kier molecular flexibility index (Phi) is 4.42. The third-order valence-corrected chi connectivity index (χ3v) is 4.60. The first-order valence-electron chi connectivity index (χ1n) is 7.84. The molecule has 3 heteroatoms. The lowest BCUT2D eigenvalue weighted by Gasteiger charge is -2.32.